The van der Waals surface area contributed by atoms with Gasteiger partial charge in [-0.15, -0.1) is 0 Å². The first-order valence-electron chi connectivity index (χ1n) is 10.3. The summed E-state index contributed by atoms with van der Waals surface area (Å²) in [6.07, 6.45) is 0. The van der Waals surface area contributed by atoms with Gasteiger partial charge in [-0.1, -0.05) is 23.8 Å². The third kappa shape index (κ3) is 6.68. The lowest BCUT2D eigenvalue weighted by Gasteiger charge is -2.27. The molecule has 0 N–H and O–H groups in total. The van der Waals surface area contributed by atoms with Gasteiger partial charge in [0.05, 0.1) is 11.6 Å². The molecule has 0 amide bonds. The fraction of sp³-hybridized carbons (Fsp3) is 0.423. The molecule has 5 nitrogen and oxygen atoms in total. The van der Waals surface area contributed by atoms with E-state index in [1.165, 1.54) is 0 Å². The minimum absolute atomic E-state index is 0.516. The second-order valence-electron chi connectivity index (χ2n) is 9.77. The van der Waals surface area contributed by atoms with E-state index in [4.69, 9.17) is 14.7 Å². The lowest BCUT2D eigenvalue weighted by molar-refractivity contribution is -0.169. The summed E-state index contributed by atoms with van der Waals surface area (Å²) >= 11 is 0. The van der Waals surface area contributed by atoms with E-state index in [0.29, 0.717) is 11.1 Å². The van der Waals surface area contributed by atoms with Crippen LogP contribution in [0.15, 0.2) is 36.4 Å². The van der Waals surface area contributed by atoms with Crippen LogP contribution in [0.3, 0.4) is 0 Å². The molecule has 0 heterocycles. The number of carbonyl (C=O) groups excluding carboxylic acids is 2. The van der Waals surface area contributed by atoms with Crippen molar-refractivity contribution in [3.05, 3.63) is 58.7 Å². The van der Waals surface area contributed by atoms with Crippen LogP contribution in [0, 0.1) is 25.2 Å². The largest absolute Gasteiger partial charge is 0.459 e. The summed E-state index contributed by atoms with van der Waals surface area (Å²) in [4.78, 5) is 26.1. The summed E-state index contributed by atoms with van der Waals surface area (Å²) < 4.78 is 11.1. The van der Waals surface area contributed by atoms with Crippen molar-refractivity contribution < 1.29 is 19.1 Å². The van der Waals surface area contributed by atoms with E-state index < -0.39 is 29.1 Å². The first-order valence-corrected chi connectivity index (χ1v) is 10.3. The second-order valence-corrected chi connectivity index (χ2v) is 9.77. The Morgan fingerprint density at radius 1 is 0.871 bits per heavy atom. The maximum atomic E-state index is 13.0. The summed E-state index contributed by atoms with van der Waals surface area (Å²) in [7, 11) is 0. The standard InChI is InChI=1S/C26H31NO4/c1-16-11-19(21-10-9-18(15-27)13-17(21)2)14-20(12-16)22(23(28)30-25(3,4)5)24(29)31-26(6,7)8/h9-14,22H,1-8H3. The fourth-order valence-corrected chi connectivity index (χ4v) is 3.28. The Labute approximate surface area is 185 Å². The van der Waals surface area contributed by atoms with Crippen LogP contribution in [0.2, 0.25) is 0 Å². The highest BCUT2D eigenvalue weighted by Crippen LogP contribution is 2.31. The molecular formula is C26H31NO4. The van der Waals surface area contributed by atoms with Crippen molar-refractivity contribution in [3.63, 3.8) is 0 Å². The number of ether oxygens (including phenoxy) is 2. The topological polar surface area (TPSA) is 76.4 Å². The number of esters is 2. The summed E-state index contributed by atoms with van der Waals surface area (Å²) in [5, 5.41) is 9.14. The van der Waals surface area contributed by atoms with Crippen LogP contribution in [0.5, 0.6) is 0 Å². The van der Waals surface area contributed by atoms with Gasteiger partial charge < -0.3 is 9.47 Å². The van der Waals surface area contributed by atoms with Gasteiger partial charge in [0.1, 0.15) is 11.2 Å². The van der Waals surface area contributed by atoms with E-state index in [0.717, 1.165) is 22.3 Å². The molecule has 0 fully saturated rings. The number of hydrogen-bond acceptors (Lipinski definition) is 5. The first kappa shape index (κ1) is 24.1. The van der Waals surface area contributed by atoms with Crippen LogP contribution in [-0.2, 0) is 19.1 Å². The van der Waals surface area contributed by atoms with E-state index in [1.807, 2.05) is 38.1 Å². The van der Waals surface area contributed by atoms with Crippen LogP contribution < -0.4 is 0 Å². The van der Waals surface area contributed by atoms with E-state index in [2.05, 4.69) is 6.07 Å². The molecule has 31 heavy (non-hydrogen) atoms. The quantitative estimate of drug-likeness (QED) is 0.474. The zero-order valence-corrected chi connectivity index (χ0v) is 19.6. The van der Waals surface area contributed by atoms with E-state index in [1.54, 1.807) is 53.7 Å². The molecule has 0 spiro atoms. The Bertz CT molecular complexity index is 1000. The molecule has 0 atom stereocenters. The lowest BCUT2D eigenvalue weighted by Crippen LogP contribution is -2.35. The molecule has 2 aromatic rings. The Morgan fingerprint density at radius 3 is 1.87 bits per heavy atom. The summed E-state index contributed by atoms with van der Waals surface area (Å²) in [5.74, 6) is -2.49. The normalized spacial score (nSPS) is 11.7. The van der Waals surface area contributed by atoms with Crippen molar-refractivity contribution in [1.82, 2.24) is 0 Å². The van der Waals surface area contributed by atoms with Gasteiger partial charge in [0, 0.05) is 0 Å². The van der Waals surface area contributed by atoms with Gasteiger partial charge in [-0.25, -0.2) is 0 Å². The van der Waals surface area contributed by atoms with Gasteiger partial charge >= 0.3 is 11.9 Å². The van der Waals surface area contributed by atoms with Gasteiger partial charge in [-0.3, -0.25) is 9.59 Å². The molecule has 2 rings (SSSR count). The molecule has 0 saturated carbocycles. The SMILES string of the molecule is Cc1cc(-c2ccc(C#N)cc2C)cc(C(C(=O)OC(C)(C)C)C(=O)OC(C)(C)C)c1. The van der Waals surface area contributed by atoms with Crippen molar-refractivity contribution in [1.29, 1.82) is 5.26 Å². The monoisotopic (exact) mass is 421 g/mol. The van der Waals surface area contributed by atoms with Crippen LogP contribution in [0.25, 0.3) is 11.1 Å². The minimum Gasteiger partial charge on any atom is -0.459 e. The third-order valence-corrected chi connectivity index (χ3v) is 4.38. The number of nitriles is 1. The number of nitrogens with zero attached hydrogens (tertiary/aromatic N) is 1. The Morgan fingerprint density at radius 2 is 1.42 bits per heavy atom. The van der Waals surface area contributed by atoms with Crippen molar-refractivity contribution in [3.8, 4) is 17.2 Å². The number of aryl methyl sites for hydroxylation is 2. The van der Waals surface area contributed by atoms with E-state index in [9.17, 15) is 9.59 Å². The molecule has 0 aliphatic heterocycles. The first-order chi connectivity index (χ1) is 14.2. The molecule has 0 unspecified atom stereocenters. The maximum Gasteiger partial charge on any atom is 0.325 e. The Hall–Kier alpha value is -3.13. The zero-order valence-electron chi connectivity index (χ0n) is 19.6. The smallest absolute Gasteiger partial charge is 0.325 e. The minimum atomic E-state index is -1.20. The van der Waals surface area contributed by atoms with Crippen LogP contribution in [-0.4, -0.2) is 23.1 Å². The van der Waals surface area contributed by atoms with Gasteiger partial charge in [-0.05, 0) is 95.8 Å². The number of hydrogen-bond donors (Lipinski definition) is 0. The van der Waals surface area contributed by atoms with Crippen LogP contribution >= 0.6 is 0 Å². The Kier molecular flexibility index (Phi) is 6.96. The molecule has 164 valence electrons. The molecular weight excluding hydrogens is 390 g/mol. The predicted molar refractivity (Wildman–Crippen MR) is 120 cm³/mol. The van der Waals surface area contributed by atoms with Gasteiger partial charge in [0.15, 0.2) is 5.92 Å². The molecule has 0 aromatic heterocycles. The second kappa shape index (κ2) is 8.93. The van der Waals surface area contributed by atoms with E-state index in [-0.39, 0.29) is 0 Å². The highest BCUT2D eigenvalue weighted by atomic mass is 16.6. The van der Waals surface area contributed by atoms with Crippen LogP contribution in [0.1, 0.15) is 69.7 Å². The summed E-state index contributed by atoms with van der Waals surface area (Å²) in [5.41, 5.74) is 3.22. The summed E-state index contributed by atoms with van der Waals surface area (Å²) in [6.45, 7) is 14.4. The highest BCUT2D eigenvalue weighted by molar-refractivity contribution is 6.01. The fourth-order valence-electron chi connectivity index (χ4n) is 3.28. The highest BCUT2D eigenvalue weighted by Gasteiger charge is 2.36. The number of benzene rings is 2. The Balaban J connectivity index is 2.59. The predicted octanol–water partition coefficient (Wildman–Crippen LogP) is 5.61. The summed E-state index contributed by atoms with van der Waals surface area (Å²) in [6, 6.07) is 13.2. The molecule has 2 aromatic carbocycles. The molecule has 0 aliphatic rings. The molecule has 0 aliphatic carbocycles. The maximum absolute atomic E-state index is 13.0. The van der Waals surface area contributed by atoms with Crippen molar-refractivity contribution in [2.24, 2.45) is 0 Å². The van der Waals surface area contributed by atoms with Crippen molar-refractivity contribution in [2.45, 2.75) is 72.5 Å². The molecule has 5 heteroatoms. The molecule has 0 radical (unpaired) electrons. The van der Waals surface area contributed by atoms with Crippen molar-refractivity contribution >= 4 is 11.9 Å². The lowest BCUT2D eigenvalue weighted by atomic mass is 9.90. The van der Waals surface area contributed by atoms with E-state index >= 15 is 0 Å². The van der Waals surface area contributed by atoms with Crippen LogP contribution in [0.4, 0.5) is 0 Å². The molecule has 0 saturated heterocycles. The third-order valence-electron chi connectivity index (χ3n) is 4.38. The van der Waals surface area contributed by atoms with Gasteiger partial charge in [0.2, 0.25) is 0 Å². The van der Waals surface area contributed by atoms with Gasteiger partial charge in [0.25, 0.3) is 0 Å². The number of rotatable bonds is 4. The number of carbonyl (C=O) groups is 2. The average molecular weight is 422 g/mol. The average Bonchev–Trinajstić information content (AvgIpc) is 2.57. The van der Waals surface area contributed by atoms with Crippen molar-refractivity contribution in [2.75, 3.05) is 0 Å². The van der Waals surface area contributed by atoms with Gasteiger partial charge in [-0.2, -0.15) is 5.26 Å². The molecule has 0 bridgehead atoms. The zero-order chi connectivity index (χ0) is 23.6.